The van der Waals surface area contributed by atoms with Crippen LogP contribution in [0.2, 0.25) is 0 Å². The molecular weight excluding hydrogens is 238 g/mol. The summed E-state index contributed by atoms with van der Waals surface area (Å²) in [5, 5.41) is 14.1. The van der Waals surface area contributed by atoms with Gasteiger partial charge in [-0.25, -0.2) is 8.78 Å². The lowest BCUT2D eigenvalue weighted by atomic mass is 10.0. The second-order valence-electron chi connectivity index (χ2n) is 4.08. The lowest BCUT2D eigenvalue weighted by molar-refractivity contribution is 0.213. The highest BCUT2D eigenvalue weighted by molar-refractivity contribution is 5.28. The number of halogens is 2. The molecule has 1 aromatic heterocycles. The van der Waals surface area contributed by atoms with Gasteiger partial charge in [0.25, 0.3) is 0 Å². The van der Waals surface area contributed by atoms with Crippen LogP contribution < -0.4 is 0 Å². The minimum Gasteiger partial charge on any atom is -0.383 e. The number of hydrogen-bond donors (Lipinski definition) is 1. The van der Waals surface area contributed by atoms with Gasteiger partial charge in [0.1, 0.15) is 6.10 Å². The normalized spacial score (nSPS) is 12.7. The highest BCUT2D eigenvalue weighted by atomic mass is 19.2. The van der Waals surface area contributed by atoms with Crippen LogP contribution >= 0.6 is 0 Å². The Morgan fingerprint density at radius 3 is 2.89 bits per heavy atom. The molecule has 0 radical (unpaired) electrons. The summed E-state index contributed by atoms with van der Waals surface area (Å²) in [5.74, 6) is -1.99. The molecule has 96 valence electrons. The first-order valence-electron chi connectivity index (χ1n) is 5.77. The van der Waals surface area contributed by atoms with E-state index in [9.17, 15) is 13.9 Å². The summed E-state index contributed by atoms with van der Waals surface area (Å²) in [5.41, 5.74) is 0.374. The first-order chi connectivity index (χ1) is 8.63. The molecule has 0 saturated heterocycles. The smallest absolute Gasteiger partial charge is 0.164 e. The zero-order valence-electron chi connectivity index (χ0n) is 9.98. The largest absolute Gasteiger partial charge is 0.383 e. The lowest BCUT2D eigenvalue weighted by Crippen LogP contribution is -2.03. The molecule has 18 heavy (non-hydrogen) atoms. The van der Waals surface area contributed by atoms with E-state index in [1.165, 1.54) is 18.3 Å². The first kappa shape index (κ1) is 12.7. The number of hydrogen-bond acceptors (Lipinski definition) is 2. The predicted octanol–water partition coefficient (Wildman–Crippen LogP) is 2.65. The Morgan fingerprint density at radius 1 is 1.39 bits per heavy atom. The van der Waals surface area contributed by atoms with E-state index in [-0.39, 0.29) is 5.56 Å². The number of nitrogens with zero attached hydrogens (tertiary/aromatic N) is 2. The highest BCUT2D eigenvalue weighted by Crippen LogP contribution is 2.25. The van der Waals surface area contributed by atoms with Crippen LogP contribution in [0.15, 0.2) is 30.6 Å². The molecule has 2 rings (SSSR count). The summed E-state index contributed by atoms with van der Waals surface area (Å²) in [4.78, 5) is 0. The molecule has 1 aromatic carbocycles. The van der Waals surface area contributed by atoms with Crippen LogP contribution in [0.4, 0.5) is 8.78 Å². The summed E-state index contributed by atoms with van der Waals surface area (Å²) in [7, 11) is 0. The van der Waals surface area contributed by atoms with E-state index in [2.05, 4.69) is 5.10 Å². The van der Waals surface area contributed by atoms with Crippen LogP contribution in [0.3, 0.4) is 0 Å². The number of aliphatic hydroxyl groups excluding tert-OH is 1. The number of benzene rings is 1. The van der Waals surface area contributed by atoms with Gasteiger partial charge in [0.15, 0.2) is 11.6 Å². The standard InChI is InChI=1S/C13H14F2N2O/c1-2-6-17-8-9(7-16-17)13(18)10-4-3-5-11(14)12(10)15/h3-5,7-8,13,18H,2,6H2,1H3. The van der Waals surface area contributed by atoms with Crippen molar-refractivity contribution < 1.29 is 13.9 Å². The van der Waals surface area contributed by atoms with Crippen LogP contribution in [0, 0.1) is 11.6 Å². The molecule has 1 N–H and O–H groups in total. The van der Waals surface area contributed by atoms with Crippen molar-refractivity contribution in [2.24, 2.45) is 0 Å². The second kappa shape index (κ2) is 5.27. The van der Waals surface area contributed by atoms with Crippen molar-refractivity contribution in [2.75, 3.05) is 0 Å². The maximum Gasteiger partial charge on any atom is 0.164 e. The van der Waals surface area contributed by atoms with E-state index in [0.29, 0.717) is 5.56 Å². The zero-order chi connectivity index (χ0) is 13.1. The third kappa shape index (κ3) is 2.41. The van der Waals surface area contributed by atoms with E-state index >= 15 is 0 Å². The van der Waals surface area contributed by atoms with Crippen LogP contribution in [0.1, 0.15) is 30.6 Å². The van der Waals surface area contributed by atoms with Gasteiger partial charge in [-0.15, -0.1) is 0 Å². The molecule has 0 amide bonds. The Hall–Kier alpha value is -1.75. The van der Waals surface area contributed by atoms with E-state index < -0.39 is 17.7 Å². The van der Waals surface area contributed by atoms with Crippen molar-refractivity contribution in [1.29, 1.82) is 0 Å². The quantitative estimate of drug-likeness (QED) is 0.908. The van der Waals surface area contributed by atoms with Crippen LogP contribution in [0.25, 0.3) is 0 Å². The molecule has 0 aliphatic rings. The molecule has 1 atom stereocenters. The second-order valence-corrected chi connectivity index (χ2v) is 4.08. The van der Waals surface area contributed by atoms with Crippen LogP contribution in [-0.2, 0) is 6.54 Å². The van der Waals surface area contributed by atoms with E-state index in [1.807, 2.05) is 6.92 Å². The average molecular weight is 252 g/mol. The summed E-state index contributed by atoms with van der Waals surface area (Å²) in [6.07, 6.45) is 2.81. The summed E-state index contributed by atoms with van der Waals surface area (Å²) >= 11 is 0. The van der Waals surface area contributed by atoms with Gasteiger partial charge in [0, 0.05) is 23.9 Å². The molecule has 0 aliphatic carbocycles. The van der Waals surface area contributed by atoms with Crippen molar-refractivity contribution in [1.82, 2.24) is 9.78 Å². The summed E-state index contributed by atoms with van der Waals surface area (Å²) in [6, 6.07) is 3.75. The molecule has 3 nitrogen and oxygen atoms in total. The molecule has 2 aromatic rings. The van der Waals surface area contributed by atoms with Gasteiger partial charge in [-0.1, -0.05) is 19.1 Å². The fraction of sp³-hybridized carbons (Fsp3) is 0.308. The minimum atomic E-state index is -1.20. The van der Waals surface area contributed by atoms with Gasteiger partial charge >= 0.3 is 0 Å². The van der Waals surface area contributed by atoms with Crippen LogP contribution in [0.5, 0.6) is 0 Å². The van der Waals surface area contributed by atoms with E-state index in [4.69, 9.17) is 0 Å². The van der Waals surface area contributed by atoms with Crippen molar-refractivity contribution in [3.63, 3.8) is 0 Å². The fourth-order valence-electron chi connectivity index (χ4n) is 1.78. The minimum absolute atomic E-state index is 0.0777. The highest BCUT2D eigenvalue weighted by Gasteiger charge is 2.18. The molecule has 0 spiro atoms. The summed E-state index contributed by atoms with van der Waals surface area (Å²) < 4.78 is 28.3. The number of rotatable bonds is 4. The van der Waals surface area contributed by atoms with Crippen molar-refractivity contribution >= 4 is 0 Å². The van der Waals surface area contributed by atoms with Gasteiger partial charge in [-0.3, -0.25) is 4.68 Å². The Balaban J connectivity index is 2.29. The summed E-state index contributed by atoms with van der Waals surface area (Å²) in [6.45, 7) is 2.72. The topological polar surface area (TPSA) is 38.0 Å². The maximum atomic E-state index is 13.5. The van der Waals surface area contributed by atoms with Crippen LogP contribution in [-0.4, -0.2) is 14.9 Å². The Kier molecular flexibility index (Phi) is 3.72. The Morgan fingerprint density at radius 2 is 2.17 bits per heavy atom. The monoisotopic (exact) mass is 252 g/mol. The average Bonchev–Trinajstić information content (AvgIpc) is 2.81. The third-order valence-corrected chi connectivity index (χ3v) is 2.70. The number of aliphatic hydroxyl groups is 1. The SMILES string of the molecule is CCCn1cc(C(O)c2cccc(F)c2F)cn1. The molecule has 1 heterocycles. The van der Waals surface area contributed by atoms with Crippen molar-refractivity contribution in [3.8, 4) is 0 Å². The molecule has 5 heteroatoms. The Bertz CT molecular complexity index is 540. The number of aromatic nitrogens is 2. The predicted molar refractivity (Wildman–Crippen MR) is 62.9 cm³/mol. The fourth-order valence-corrected chi connectivity index (χ4v) is 1.78. The Labute approximate surface area is 104 Å². The number of aryl methyl sites for hydroxylation is 1. The molecule has 0 aliphatic heterocycles. The van der Waals surface area contributed by atoms with Gasteiger partial charge < -0.3 is 5.11 Å². The zero-order valence-corrected chi connectivity index (χ0v) is 9.98. The molecule has 0 bridgehead atoms. The van der Waals surface area contributed by atoms with Gasteiger partial charge in [-0.05, 0) is 12.5 Å². The molecule has 0 saturated carbocycles. The van der Waals surface area contributed by atoms with Gasteiger partial charge in [0.05, 0.1) is 6.20 Å². The van der Waals surface area contributed by atoms with Crippen molar-refractivity contribution in [2.45, 2.75) is 26.0 Å². The van der Waals surface area contributed by atoms with Gasteiger partial charge in [-0.2, -0.15) is 5.10 Å². The van der Waals surface area contributed by atoms with E-state index in [0.717, 1.165) is 19.0 Å². The molecular formula is C13H14F2N2O. The van der Waals surface area contributed by atoms with Gasteiger partial charge in [0.2, 0.25) is 0 Å². The van der Waals surface area contributed by atoms with E-state index in [1.54, 1.807) is 10.9 Å². The lowest BCUT2D eigenvalue weighted by Gasteiger charge is -2.10. The van der Waals surface area contributed by atoms with Crippen molar-refractivity contribution in [3.05, 3.63) is 53.4 Å². The maximum absolute atomic E-state index is 13.5. The molecule has 0 fully saturated rings. The molecule has 1 unspecified atom stereocenters. The third-order valence-electron chi connectivity index (χ3n) is 2.70. The first-order valence-corrected chi connectivity index (χ1v) is 5.77.